The third kappa shape index (κ3) is 4.09. The predicted molar refractivity (Wildman–Crippen MR) is 80.3 cm³/mol. The highest BCUT2D eigenvalue weighted by Crippen LogP contribution is 2.21. The maximum Gasteiger partial charge on any atom is 0.227 e. The molecular weight excluding hydrogens is 299 g/mol. The summed E-state index contributed by atoms with van der Waals surface area (Å²) in [6.07, 6.45) is 0.277. The second-order valence-electron chi connectivity index (χ2n) is 4.86. The van der Waals surface area contributed by atoms with E-state index >= 15 is 0 Å². The van der Waals surface area contributed by atoms with Crippen LogP contribution in [0.5, 0.6) is 0 Å². The van der Waals surface area contributed by atoms with Gasteiger partial charge in [0.2, 0.25) is 5.91 Å². The molecule has 0 spiro atoms. The quantitative estimate of drug-likeness (QED) is 0.919. The largest absolute Gasteiger partial charge is 0.395 e. The number of benzene rings is 1. The summed E-state index contributed by atoms with van der Waals surface area (Å²) >= 11 is 12.0. The van der Waals surface area contributed by atoms with Gasteiger partial charge in [0.05, 0.1) is 13.0 Å². The number of carbonyl (C=O) groups is 1. The Morgan fingerprint density at radius 1 is 1.20 bits per heavy atom. The molecule has 1 fully saturated rings. The molecule has 1 aromatic carbocycles. The normalized spacial score (nSPS) is 16.4. The van der Waals surface area contributed by atoms with Gasteiger partial charge in [-0.1, -0.05) is 23.2 Å². The first-order valence-electron chi connectivity index (χ1n) is 6.65. The molecule has 6 heteroatoms. The predicted octanol–water partition coefficient (Wildman–Crippen LogP) is 1.67. The zero-order valence-electron chi connectivity index (χ0n) is 11.2. The third-order valence-corrected chi connectivity index (χ3v) is 4.09. The van der Waals surface area contributed by atoms with Crippen LogP contribution < -0.4 is 0 Å². The van der Waals surface area contributed by atoms with E-state index in [-0.39, 0.29) is 18.9 Å². The highest BCUT2D eigenvalue weighted by molar-refractivity contribution is 6.33. The molecule has 1 saturated heterocycles. The fraction of sp³-hybridized carbons (Fsp3) is 0.500. The molecule has 0 unspecified atom stereocenters. The van der Waals surface area contributed by atoms with Crippen LogP contribution in [0.4, 0.5) is 0 Å². The Morgan fingerprint density at radius 3 is 2.55 bits per heavy atom. The number of carbonyl (C=O) groups excluding carboxylic acids is 1. The lowest BCUT2D eigenvalue weighted by Crippen LogP contribution is -2.49. The first kappa shape index (κ1) is 15.6. The molecule has 20 heavy (non-hydrogen) atoms. The van der Waals surface area contributed by atoms with Gasteiger partial charge in [-0.15, -0.1) is 0 Å². The molecule has 0 radical (unpaired) electrons. The van der Waals surface area contributed by atoms with E-state index in [0.717, 1.165) is 18.7 Å². The van der Waals surface area contributed by atoms with Gasteiger partial charge in [-0.3, -0.25) is 9.69 Å². The molecule has 0 aromatic heterocycles. The second-order valence-corrected chi connectivity index (χ2v) is 5.70. The number of aliphatic hydroxyl groups is 1. The van der Waals surface area contributed by atoms with E-state index in [1.54, 1.807) is 18.2 Å². The van der Waals surface area contributed by atoms with Crippen molar-refractivity contribution in [1.82, 2.24) is 9.80 Å². The summed E-state index contributed by atoms with van der Waals surface area (Å²) in [6, 6.07) is 5.17. The highest BCUT2D eigenvalue weighted by atomic mass is 35.5. The molecule has 1 aromatic rings. The molecule has 110 valence electrons. The Hall–Kier alpha value is -0.810. The minimum absolute atomic E-state index is 0.0674. The van der Waals surface area contributed by atoms with Crippen molar-refractivity contribution in [1.29, 1.82) is 0 Å². The summed E-state index contributed by atoms with van der Waals surface area (Å²) in [6.45, 7) is 3.81. The number of rotatable bonds is 4. The van der Waals surface area contributed by atoms with Gasteiger partial charge in [0, 0.05) is 42.8 Å². The van der Waals surface area contributed by atoms with Crippen LogP contribution in [0.15, 0.2) is 18.2 Å². The van der Waals surface area contributed by atoms with Gasteiger partial charge >= 0.3 is 0 Å². The van der Waals surface area contributed by atoms with Crippen LogP contribution in [0.25, 0.3) is 0 Å². The van der Waals surface area contributed by atoms with E-state index in [9.17, 15) is 4.79 Å². The molecule has 4 nitrogen and oxygen atoms in total. The van der Waals surface area contributed by atoms with Crippen molar-refractivity contribution in [2.45, 2.75) is 6.42 Å². The van der Waals surface area contributed by atoms with Gasteiger partial charge in [0.25, 0.3) is 0 Å². The smallest absolute Gasteiger partial charge is 0.227 e. The van der Waals surface area contributed by atoms with Gasteiger partial charge in [-0.25, -0.2) is 0 Å². The average molecular weight is 317 g/mol. The molecule has 0 atom stereocenters. The third-order valence-electron chi connectivity index (χ3n) is 3.49. The Labute approximate surface area is 128 Å². The Bertz CT molecular complexity index is 474. The summed E-state index contributed by atoms with van der Waals surface area (Å²) in [5.74, 6) is 0.0674. The fourth-order valence-corrected chi connectivity index (χ4v) is 2.69. The molecule has 1 aliphatic rings. The summed E-state index contributed by atoms with van der Waals surface area (Å²) in [4.78, 5) is 16.2. The standard InChI is InChI=1S/C14H18Cl2N2O2/c15-12-1-2-13(16)11(9-12)10-14(20)18-5-3-17(4-6-18)7-8-19/h1-2,9,19H,3-8,10H2. The van der Waals surface area contributed by atoms with Gasteiger partial charge in [0.1, 0.15) is 0 Å². The molecule has 0 aliphatic carbocycles. The number of halogens is 2. The highest BCUT2D eigenvalue weighted by Gasteiger charge is 2.21. The molecule has 1 heterocycles. The topological polar surface area (TPSA) is 43.8 Å². The molecule has 2 rings (SSSR count). The van der Waals surface area contributed by atoms with E-state index in [4.69, 9.17) is 28.3 Å². The summed E-state index contributed by atoms with van der Waals surface area (Å²) in [5, 5.41) is 10.1. The van der Waals surface area contributed by atoms with Crippen LogP contribution in [-0.4, -0.2) is 60.1 Å². The van der Waals surface area contributed by atoms with Crippen molar-refractivity contribution < 1.29 is 9.90 Å². The Morgan fingerprint density at radius 2 is 1.90 bits per heavy atom. The summed E-state index contributed by atoms with van der Waals surface area (Å²) in [5.41, 5.74) is 0.766. The van der Waals surface area contributed by atoms with Crippen LogP contribution in [0.1, 0.15) is 5.56 Å². The maximum absolute atomic E-state index is 12.3. The molecule has 1 amide bonds. The number of aliphatic hydroxyl groups excluding tert-OH is 1. The second kappa shape index (κ2) is 7.27. The van der Waals surface area contributed by atoms with Crippen LogP contribution in [0, 0.1) is 0 Å². The number of amides is 1. The monoisotopic (exact) mass is 316 g/mol. The zero-order chi connectivity index (χ0) is 14.5. The number of hydrogen-bond acceptors (Lipinski definition) is 3. The lowest BCUT2D eigenvalue weighted by molar-refractivity contribution is -0.132. The van der Waals surface area contributed by atoms with Gasteiger partial charge in [-0.05, 0) is 23.8 Å². The fourth-order valence-electron chi connectivity index (χ4n) is 2.32. The molecule has 0 saturated carbocycles. The first-order chi connectivity index (χ1) is 9.60. The van der Waals surface area contributed by atoms with Crippen molar-refractivity contribution in [2.24, 2.45) is 0 Å². The molecule has 0 bridgehead atoms. The van der Waals surface area contributed by atoms with E-state index < -0.39 is 0 Å². The maximum atomic E-state index is 12.3. The Balaban J connectivity index is 1.91. The Kier molecular flexibility index (Phi) is 5.66. The van der Waals surface area contributed by atoms with Crippen molar-refractivity contribution in [3.63, 3.8) is 0 Å². The van der Waals surface area contributed by atoms with E-state index in [2.05, 4.69) is 4.90 Å². The lowest BCUT2D eigenvalue weighted by Gasteiger charge is -2.34. The van der Waals surface area contributed by atoms with Crippen molar-refractivity contribution >= 4 is 29.1 Å². The SMILES string of the molecule is O=C(Cc1cc(Cl)ccc1Cl)N1CCN(CCO)CC1. The van der Waals surface area contributed by atoms with Crippen molar-refractivity contribution in [3.05, 3.63) is 33.8 Å². The number of piperazine rings is 1. The van der Waals surface area contributed by atoms with Crippen molar-refractivity contribution in [3.8, 4) is 0 Å². The summed E-state index contributed by atoms with van der Waals surface area (Å²) < 4.78 is 0. The number of β-amino-alcohol motifs (C(OH)–C–C–N with tert-alkyl or cyclic N) is 1. The van der Waals surface area contributed by atoms with Gasteiger partial charge in [-0.2, -0.15) is 0 Å². The lowest BCUT2D eigenvalue weighted by atomic mass is 10.1. The minimum atomic E-state index is 0.0674. The molecule has 1 N–H and O–H groups in total. The average Bonchev–Trinajstić information content (AvgIpc) is 2.44. The van der Waals surface area contributed by atoms with Crippen LogP contribution in [0.2, 0.25) is 10.0 Å². The van der Waals surface area contributed by atoms with Crippen LogP contribution in [0.3, 0.4) is 0 Å². The van der Waals surface area contributed by atoms with Gasteiger partial charge in [0.15, 0.2) is 0 Å². The number of hydrogen-bond donors (Lipinski definition) is 1. The van der Waals surface area contributed by atoms with Crippen molar-refractivity contribution in [2.75, 3.05) is 39.3 Å². The van der Waals surface area contributed by atoms with Crippen LogP contribution in [-0.2, 0) is 11.2 Å². The van der Waals surface area contributed by atoms with E-state index in [1.807, 2.05) is 4.90 Å². The van der Waals surface area contributed by atoms with Gasteiger partial charge < -0.3 is 10.0 Å². The van der Waals surface area contributed by atoms with Crippen LogP contribution >= 0.6 is 23.2 Å². The van der Waals surface area contributed by atoms with E-state index in [1.165, 1.54) is 0 Å². The number of nitrogens with zero attached hydrogens (tertiary/aromatic N) is 2. The first-order valence-corrected chi connectivity index (χ1v) is 7.40. The minimum Gasteiger partial charge on any atom is -0.395 e. The van der Waals surface area contributed by atoms with E-state index in [0.29, 0.717) is 29.7 Å². The molecular formula is C14H18Cl2N2O2. The zero-order valence-corrected chi connectivity index (χ0v) is 12.7. The summed E-state index contributed by atoms with van der Waals surface area (Å²) in [7, 11) is 0. The molecule has 1 aliphatic heterocycles.